The molecule has 1 heterocycles. The smallest absolute Gasteiger partial charge is 0.226 e. The van der Waals surface area contributed by atoms with Crippen molar-refractivity contribution in [3.63, 3.8) is 0 Å². The molecule has 2 N–H and O–H groups in total. The van der Waals surface area contributed by atoms with Crippen molar-refractivity contribution in [2.45, 2.75) is 51.0 Å². The van der Waals surface area contributed by atoms with Crippen molar-refractivity contribution in [2.75, 3.05) is 13.1 Å². The molecule has 1 aromatic rings. The lowest BCUT2D eigenvalue weighted by molar-refractivity contribution is -0.139. The van der Waals surface area contributed by atoms with Crippen LogP contribution in [0.25, 0.3) is 0 Å². The number of benzene rings is 1. The predicted octanol–water partition coefficient (Wildman–Crippen LogP) is 3.93. The second kappa shape index (κ2) is 8.70. The summed E-state index contributed by atoms with van der Waals surface area (Å²) in [5.41, 5.74) is 7.19. The number of nitrogens with two attached hydrogens (primary N) is 1. The average Bonchev–Trinajstić information content (AvgIpc) is 2.91. The van der Waals surface area contributed by atoms with E-state index in [1.54, 1.807) is 0 Å². The van der Waals surface area contributed by atoms with Gasteiger partial charge in [-0.05, 0) is 43.7 Å². The zero-order valence-corrected chi connectivity index (χ0v) is 14.6. The number of carbonyl (C=O) groups excluding carboxylic acids is 1. The zero-order chi connectivity index (χ0) is 15.4. The van der Waals surface area contributed by atoms with Gasteiger partial charge in [0.05, 0.1) is 6.04 Å². The van der Waals surface area contributed by atoms with E-state index in [1.165, 1.54) is 18.4 Å². The Morgan fingerprint density at radius 2 is 1.83 bits per heavy atom. The van der Waals surface area contributed by atoms with Crippen LogP contribution in [0.5, 0.6) is 0 Å². The van der Waals surface area contributed by atoms with Crippen LogP contribution in [-0.4, -0.2) is 23.9 Å². The van der Waals surface area contributed by atoms with Gasteiger partial charge in [-0.1, -0.05) is 49.6 Å². The van der Waals surface area contributed by atoms with Gasteiger partial charge in [-0.2, -0.15) is 0 Å². The molecule has 3 nitrogen and oxygen atoms in total. The van der Waals surface area contributed by atoms with Gasteiger partial charge in [0.15, 0.2) is 0 Å². The van der Waals surface area contributed by atoms with Gasteiger partial charge in [0, 0.05) is 12.5 Å². The standard InChI is InChI=1S/C19H28N2O.ClH/c20-14-16-10-7-11-17(16)19(22)21-13-6-2-5-12-18(21)15-8-3-1-4-9-15;/h1,3-4,8-9,16-18H,2,5-7,10-14,20H2;1H/t16-,17-,18?;/m1./s1. The quantitative estimate of drug-likeness (QED) is 0.909. The Hall–Kier alpha value is -1.06. The molecule has 2 fully saturated rings. The first-order chi connectivity index (χ1) is 10.8. The molecule has 1 saturated heterocycles. The minimum atomic E-state index is 0. The summed E-state index contributed by atoms with van der Waals surface area (Å²) in [5.74, 6) is 0.921. The van der Waals surface area contributed by atoms with Gasteiger partial charge in [-0.25, -0.2) is 0 Å². The van der Waals surface area contributed by atoms with E-state index in [9.17, 15) is 4.79 Å². The second-order valence-electron chi connectivity index (χ2n) is 6.84. The molecule has 1 saturated carbocycles. The van der Waals surface area contributed by atoms with E-state index >= 15 is 0 Å². The summed E-state index contributed by atoms with van der Waals surface area (Å²) in [6.07, 6.45) is 7.98. The molecule has 3 rings (SSSR count). The summed E-state index contributed by atoms with van der Waals surface area (Å²) >= 11 is 0. The third-order valence-corrected chi connectivity index (χ3v) is 5.50. The maximum Gasteiger partial charge on any atom is 0.226 e. The summed E-state index contributed by atoms with van der Waals surface area (Å²) in [5, 5.41) is 0. The molecule has 23 heavy (non-hydrogen) atoms. The van der Waals surface area contributed by atoms with Crippen molar-refractivity contribution >= 4 is 18.3 Å². The second-order valence-corrected chi connectivity index (χ2v) is 6.84. The number of rotatable bonds is 3. The predicted molar refractivity (Wildman–Crippen MR) is 96.5 cm³/mol. The highest BCUT2D eigenvalue weighted by Gasteiger charge is 2.37. The van der Waals surface area contributed by atoms with Crippen LogP contribution >= 0.6 is 12.4 Å². The fraction of sp³-hybridized carbons (Fsp3) is 0.632. The summed E-state index contributed by atoms with van der Waals surface area (Å²) in [4.78, 5) is 15.4. The maximum absolute atomic E-state index is 13.2. The van der Waals surface area contributed by atoms with Gasteiger partial charge < -0.3 is 10.6 Å². The molecule has 4 heteroatoms. The van der Waals surface area contributed by atoms with Crippen LogP contribution in [0, 0.1) is 11.8 Å². The first kappa shape index (κ1) is 18.3. The van der Waals surface area contributed by atoms with Crippen LogP contribution in [0.3, 0.4) is 0 Å². The van der Waals surface area contributed by atoms with Gasteiger partial charge in [0.2, 0.25) is 5.91 Å². The highest BCUT2D eigenvalue weighted by Crippen LogP contribution is 2.37. The molecule has 1 aliphatic heterocycles. The minimum absolute atomic E-state index is 0. The molecule has 1 unspecified atom stereocenters. The molecule has 0 aromatic heterocycles. The zero-order valence-electron chi connectivity index (χ0n) is 13.8. The minimum Gasteiger partial charge on any atom is -0.335 e. The van der Waals surface area contributed by atoms with E-state index in [0.29, 0.717) is 18.4 Å². The average molecular weight is 337 g/mol. The van der Waals surface area contributed by atoms with Gasteiger partial charge in [0.1, 0.15) is 0 Å². The normalized spacial score (nSPS) is 28.0. The van der Waals surface area contributed by atoms with Crippen LogP contribution in [0.1, 0.15) is 56.6 Å². The highest BCUT2D eigenvalue weighted by atomic mass is 35.5. The van der Waals surface area contributed by atoms with E-state index in [4.69, 9.17) is 5.73 Å². The van der Waals surface area contributed by atoms with Crippen molar-refractivity contribution < 1.29 is 4.79 Å². The van der Waals surface area contributed by atoms with Crippen molar-refractivity contribution in [3.8, 4) is 0 Å². The van der Waals surface area contributed by atoms with Crippen LogP contribution < -0.4 is 5.73 Å². The molecule has 3 atom stereocenters. The first-order valence-electron chi connectivity index (χ1n) is 8.86. The molecular weight excluding hydrogens is 308 g/mol. The summed E-state index contributed by atoms with van der Waals surface area (Å²) < 4.78 is 0. The molecule has 0 radical (unpaired) electrons. The Balaban J connectivity index is 0.00000192. The number of hydrogen-bond acceptors (Lipinski definition) is 2. The number of likely N-dealkylation sites (tertiary alicyclic amines) is 1. The summed E-state index contributed by atoms with van der Waals surface area (Å²) in [6.45, 7) is 1.56. The summed E-state index contributed by atoms with van der Waals surface area (Å²) in [7, 11) is 0. The van der Waals surface area contributed by atoms with E-state index in [2.05, 4.69) is 29.2 Å². The number of amides is 1. The van der Waals surface area contributed by atoms with Crippen LogP contribution in [0.4, 0.5) is 0 Å². The SMILES string of the molecule is Cl.NC[C@H]1CCC[C@H]1C(=O)N1CCCCCC1c1ccccc1. The molecule has 2 aliphatic rings. The Kier molecular flexibility index (Phi) is 6.91. The number of hydrogen-bond donors (Lipinski definition) is 1. The first-order valence-corrected chi connectivity index (χ1v) is 8.86. The van der Waals surface area contributed by atoms with Gasteiger partial charge in [0.25, 0.3) is 0 Å². The molecule has 0 bridgehead atoms. The van der Waals surface area contributed by atoms with Crippen LogP contribution in [0.2, 0.25) is 0 Å². The van der Waals surface area contributed by atoms with Crippen LogP contribution in [-0.2, 0) is 4.79 Å². The molecule has 1 aliphatic carbocycles. The molecular formula is C19H29ClN2O. The van der Waals surface area contributed by atoms with Crippen molar-refractivity contribution in [2.24, 2.45) is 17.6 Å². The van der Waals surface area contributed by atoms with E-state index in [1.807, 2.05) is 6.07 Å². The Labute approximate surface area is 146 Å². The monoisotopic (exact) mass is 336 g/mol. The molecule has 0 spiro atoms. The lowest BCUT2D eigenvalue weighted by atomic mass is 9.92. The molecule has 1 amide bonds. The number of halogens is 1. The maximum atomic E-state index is 13.2. The van der Waals surface area contributed by atoms with Crippen LogP contribution in [0.15, 0.2) is 30.3 Å². The van der Waals surface area contributed by atoms with Gasteiger partial charge >= 0.3 is 0 Å². The van der Waals surface area contributed by atoms with Crippen molar-refractivity contribution in [3.05, 3.63) is 35.9 Å². The lowest BCUT2D eigenvalue weighted by Crippen LogP contribution is -2.41. The molecule has 128 valence electrons. The van der Waals surface area contributed by atoms with E-state index < -0.39 is 0 Å². The van der Waals surface area contributed by atoms with Crippen molar-refractivity contribution in [1.82, 2.24) is 4.90 Å². The van der Waals surface area contributed by atoms with Gasteiger partial charge in [-0.3, -0.25) is 4.79 Å². The molecule has 1 aromatic carbocycles. The fourth-order valence-corrected chi connectivity index (χ4v) is 4.25. The number of carbonyl (C=O) groups is 1. The number of nitrogens with zero attached hydrogens (tertiary/aromatic N) is 1. The van der Waals surface area contributed by atoms with Crippen molar-refractivity contribution in [1.29, 1.82) is 0 Å². The fourth-order valence-electron chi connectivity index (χ4n) is 4.25. The Bertz CT molecular complexity index is 493. The topological polar surface area (TPSA) is 46.3 Å². The Morgan fingerprint density at radius 1 is 1.04 bits per heavy atom. The third-order valence-electron chi connectivity index (χ3n) is 5.50. The highest BCUT2D eigenvalue weighted by molar-refractivity contribution is 5.85. The summed E-state index contributed by atoms with van der Waals surface area (Å²) in [6, 6.07) is 10.8. The largest absolute Gasteiger partial charge is 0.335 e. The Morgan fingerprint density at radius 3 is 2.57 bits per heavy atom. The lowest BCUT2D eigenvalue weighted by Gasteiger charge is -2.34. The van der Waals surface area contributed by atoms with E-state index in [0.717, 1.165) is 38.6 Å². The third kappa shape index (κ3) is 4.07. The van der Waals surface area contributed by atoms with E-state index in [-0.39, 0.29) is 24.4 Å². The van der Waals surface area contributed by atoms with Gasteiger partial charge in [-0.15, -0.1) is 12.4 Å².